The van der Waals surface area contributed by atoms with Crippen molar-refractivity contribution in [3.63, 3.8) is 0 Å². The summed E-state index contributed by atoms with van der Waals surface area (Å²) >= 11 is 3.02. The number of carbonyl (C=O) groups is 1. The number of nitrogens with one attached hydrogen (secondary N) is 2. The topological polar surface area (TPSA) is 88.2 Å². The first-order chi connectivity index (χ1) is 13.8. The predicted octanol–water partition coefficient (Wildman–Crippen LogP) is 3.24. The summed E-state index contributed by atoms with van der Waals surface area (Å²) in [6, 6.07) is 11.9. The molecule has 9 heteroatoms. The number of hydrogen-bond donors (Lipinski definition) is 2. The predicted molar refractivity (Wildman–Crippen MR) is 119 cm³/mol. The minimum absolute atomic E-state index is 0.105. The third-order valence-electron chi connectivity index (χ3n) is 4.19. The van der Waals surface area contributed by atoms with Crippen molar-refractivity contribution in [3.05, 3.63) is 62.1 Å². The van der Waals surface area contributed by atoms with Crippen LogP contribution in [0.4, 0.5) is 0 Å². The van der Waals surface area contributed by atoms with Crippen molar-refractivity contribution in [2.75, 3.05) is 19.3 Å². The van der Waals surface area contributed by atoms with E-state index >= 15 is 0 Å². The first-order valence-electron chi connectivity index (χ1n) is 9.13. The quantitative estimate of drug-likeness (QED) is 0.525. The van der Waals surface area contributed by atoms with Crippen molar-refractivity contribution in [1.29, 1.82) is 0 Å². The van der Waals surface area contributed by atoms with Gasteiger partial charge in [-0.2, -0.15) is 0 Å². The highest BCUT2D eigenvalue weighted by Crippen LogP contribution is 2.22. The fraction of sp³-hybridized carbons (Fsp3) is 0.300. The van der Waals surface area contributed by atoms with E-state index in [0.29, 0.717) is 24.4 Å². The molecule has 0 aliphatic carbocycles. The third kappa shape index (κ3) is 6.74. The van der Waals surface area contributed by atoms with E-state index in [0.717, 1.165) is 39.4 Å². The lowest BCUT2D eigenvalue weighted by Gasteiger charge is -2.05. The zero-order valence-corrected chi connectivity index (χ0v) is 18.7. The van der Waals surface area contributed by atoms with Crippen LogP contribution in [0, 0.1) is 6.92 Å². The van der Waals surface area contributed by atoms with E-state index in [1.54, 1.807) is 17.4 Å². The van der Waals surface area contributed by atoms with Crippen molar-refractivity contribution >= 4 is 38.6 Å². The number of amides is 1. The Kier molecular flexibility index (Phi) is 7.18. The second-order valence-electron chi connectivity index (χ2n) is 6.64. The Hall–Kier alpha value is -2.07. The molecule has 29 heavy (non-hydrogen) atoms. The number of thiophene rings is 1. The summed E-state index contributed by atoms with van der Waals surface area (Å²) in [5.41, 5.74) is 3.24. The number of aryl methyl sites for hydroxylation is 1. The van der Waals surface area contributed by atoms with Crippen molar-refractivity contribution in [3.8, 4) is 11.3 Å². The SMILES string of the molecule is Cc1nc(-c2ccc(CCNC(=O)c3ccc(CCNS(C)(=O)=O)s3)cc2)cs1. The van der Waals surface area contributed by atoms with Gasteiger partial charge in [0, 0.05) is 28.9 Å². The average molecular weight is 450 g/mol. The van der Waals surface area contributed by atoms with E-state index in [4.69, 9.17) is 0 Å². The molecule has 0 radical (unpaired) electrons. The van der Waals surface area contributed by atoms with Gasteiger partial charge in [0.25, 0.3) is 5.91 Å². The molecule has 0 saturated heterocycles. The molecule has 154 valence electrons. The normalized spacial score (nSPS) is 11.5. The molecule has 3 aromatic rings. The number of nitrogens with zero attached hydrogens (tertiary/aromatic N) is 1. The van der Waals surface area contributed by atoms with E-state index in [1.165, 1.54) is 11.3 Å². The first kappa shape index (κ1) is 21.6. The van der Waals surface area contributed by atoms with Crippen molar-refractivity contribution < 1.29 is 13.2 Å². The van der Waals surface area contributed by atoms with Crippen LogP contribution in [0.5, 0.6) is 0 Å². The minimum atomic E-state index is -3.19. The summed E-state index contributed by atoms with van der Waals surface area (Å²) < 4.78 is 24.6. The summed E-state index contributed by atoms with van der Waals surface area (Å²) in [4.78, 5) is 18.4. The summed E-state index contributed by atoms with van der Waals surface area (Å²) in [6.07, 6.45) is 2.45. The fourth-order valence-electron chi connectivity index (χ4n) is 2.74. The van der Waals surface area contributed by atoms with E-state index in [-0.39, 0.29) is 5.91 Å². The largest absolute Gasteiger partial charge is 0.351 e. The molecule has 0 bridgehead atoms. The van der Waals surface area contributed by atoms with Gasteiger partial charge in [-0.05, 0) is 37.5 Å². The smallest absolute Gasteiger partial charge is 0.261 e. The van der Waals surface area contributed by atoms with Crippen LogP contribution >= 0.6 is 22.7 Å². The zero-order chi connectivity index (χ0) is 20.9. The molecule has 0 aliphatic heterocycles. The second-order valence-corrected chi connectivity index (χ2v) is 10.7. The van der Waals surface area contributed by atoms with Gasteiger partial charge >= 0.3 is 0 Å². The summed E-state index contributed by atoms with van der Waals surface area (Å²) in [5, 5.41) is 6.04. The molecular formula is C20H23N3O3S3. The molecular weight excluding hydrogens is 426 g/mol. The molecule has 1 aromatic carbocycles. The zero-order valence-electron chi connectivity index (χ0n) is 16.3. The molecule has 2 aromatic heterocycles. The average Bonchev–Trinajstić information content (AvgIpc) is 3.30. The van der Waals surface area contributed by atoms with E-state index < -0.39 is 10.0 Å². The van der Waals surface area contributed by atoms with Crippen LogP contribution in [0.2, 0.25) is 0 Å². The summed E-state index contributed by atoms with van der Waals surface area (Å²) in [6.45, 7) is 2.88. The Morgan fingerprint density at radius 2 is 1.83 bits per heavy atom. The van der Waals surface area contributed by atoms with E-state index in [1.807, 2.05) is 13.0 Å². The van der Waals surface area contributed by atoms with Crippen LogP contribution < -0.4 is 10.0 Å². The Bertz CT molecular complexity index is 1070. The Labute approximate surface area is 179 Å². The van der Waals surface area contributed by atoms with Gasteiger partial charge < -0.3 is 5.32 Å². The van der Waals surface area contributed by atoms with E-state index in [9.17, 15) is 13.2 Å². The van der Waals surface area contributed by atoms with Crippen molar-refractivity contribution in [2.45, 2.75) is 19.8 Å². The highest BCUT2D eigenvalue weighted by atomic mass is 32.2. The monoisotopic (exact) mass is 449 g/mol. The molecule has 6 nitrogen and oxygen atoms in total. The van der Waals surface area contributed by atoms with Crippen LogP contribution in [0.15, 0.2) is 41.8 Å². The third-order valence-corrected chi connectivity index (χ3v) is 6.83. The number of hydrogen-bond acceptors (Lipinski definition) is 6. The molecule has 2 heterocycles. The number of aromatic nitrogens is 1. The molecule has 0 aliphatic rings. The van der Waals surface area contributed by atoms with Gasteiger partial charge in [-0.3, -0.25) is 4.79 Å². The number of sulfonamides is 1. The Morgan fingerprint density at radius 3 is 2.48 bits per heavy atom. The van der Waals surface area contributed by atoms with Gasteiger partial charge in [0.1, 0.15) is 0 Å². The molecule has 0 atom stereocenters. The van der Waals surface area contributed by atoms with Crippen LogP contribution in [0.1, 0.15) is 25.1 Å². The van der Waals surface area contributed by atoms with Gasteiger partial charge in [0.2, 0.25) is 10.0 Å². The summed E-state index contributed by atoms with van der Waals surface area (Å²) in [7, 11) is -3.19. The highest BCUT2D eigenvalue weighted by molar-refractivity contribution is 7.88. The molecule has 0 fully saturated rings. The van der Waals surface area contributed by atoms with Gasteiger partial charge in [-0.15, -0.1) is 22.7 Å². The molecule has 0 spiro atoms. The highest BCUT2D eigenvalue weighted by Gasteiger charge is 2.10. The van der Waals surface area contributed by atoms with Crippen molar-refractivity contribution in [1.82, 2.24) is 15.0 Å². The molecule has 1 amide bonds. The maximum absolute atomic E-state index is 12.3. The Balaban J connectivity index is 1.45. The maximum atomic E-state index is 12.3. The maximum Gasteiger partial charge on any atom is 0.261 e. The van der Waals surface area contributed by atoms with Gasteiger partial charge in [0.05, 0.1) is 21.8 Å². The van der Waals surface area contributed by atoms with Gasteiger partial charge in [-0.1, -0.05) is 24.3 Å². The number of benzene rings is 1. The van der Waals surface area contributed by atoms with Gasteiger partial charge in [-0.25, -0.2) is 18.1 Å². The van der Waals surface area contributed by atoms with Crippen LogP contribution in [-0.4, -0.2) is 38.7 Å². The first-order valence-corrected chi connectivity index (χ1v) is 12.7. The summed E-state index contributed by atoms with van der Waals surface area (Å²) in [5.74, 6) is -0.105. The van der Waals surface area contributed by atoms with Crippen LogP contribution in [0.25, 0.3) is 11.3 Å². The molecule has 0 saturated carbocycles. The Morgan fingerprint density at radius 1 is 1.07 bits per heavy atom. The standard InChI is InChI=1S/C20H23N3O3S3/c1-14-23-18(13-27-14)16-5-3-15(4-6-16)9-11-21-20(24)19-8-7-17(28-19)10-12-22-29(2,25)26/h3-8,13,22H,9-12H2,1-2H3,(H,21,24). The van der Waals surface area contributed by atoms with E-state index in [2.05, 4.69) is 44.7 Å². The van der Waals surface area contributed by atoms with Crippen molar-refractivity contribution in [2.24, 2.45) is 0 Å². The number of thiazole rings is 1. The van der Waals surface area contributed by atoms with Crippen LogP contribution in [-0.2, 0) is 22.9 Å². The molecule has 2 N–H and O–H groups in total. The molecule has 0 unspecified atom stereocenters. The number of carbonyl (C=O) groups excluding carboxylic acids is 1. The van der Waals surface area contributed by atoms with Gasteiger partial charge in [0.15, 0.2) is 0 Å². The lowest BCUT2D eigenvalue weighted by Crippen LogP contribution is -2.25. The lowest BCUT2D eigenvalue weighted by molar-refractivity contribution is 0.0958. The number of rotatable bonds is 9. The minimum Gasteiger partial charge on any atom is -0.351 e. The fourth-order valence-corrected chi connectivity index (χ4v) is 4.76. The second kappa shape index (κ2) is 9.62. The lowest BCUT2D eigenvalue weighted by atomic mass is 10.1. The molecule has 3 rings (SSSR count). The van der Waals surface area contributed by atoms with Crippen LogP contribution in [0.3, 0.4) is 0 Å².